The van der Waals surface area contributed by atoms with E-state index in [1.54, 1.807) is 0 Å². The predicted molar refractivity (Wildman–Crippen MR) is 423 cm³/mol. The number of aliphatic carboxylic acids is 4. The van der Waals surface area contributed by atoms with Crippen LogP contribution in [0.5, 0.6) is 0 Å². The Balaban J connectivity index is -0.000000588. The molecule has 0 amide bonds. The second kappa shape index (κ2) is 97.1. The van der Waals surface area contributed by atoms with Crippen LogP contribution in [0.4, 0.5) is 0 Å². The van der Waals surface area contributed by atoms with Crippen molar-refractivity contribution in [3.05, 3.63) is 0 Å². The Hall–Kier alpha value is -2.12. The molecule has 576 valence electrons. The van der Waals surface area contributed by atoms with Crippen LogP contribution in [0, 0.1) is 0 Å². The predicted octanol–water partition coefficient (Wildman–Crippen LogP) is 31.6. The summed E-state index contributed by atoms with van der Waals surface area (Å²) in [6.45, 7) is 9.13. The average molecular weight is 1360 g/mol. The summed E-state index contributed by atoms with van der Waals surface area (Å²) in [5, 5.41) is 34.2. The molecule has 0 aromatic rings. The van der Waals surface area contributed by atoms with Gasteiger partial charge in [-0.05, 0) is 25.7 Å². The normalized spacial score (nSPS) is 11.0. The fourth-order valence-electron chi connectivity index (χ4n) is 13.4. The van der Waals surface area contributed by atoms with Gasteiger partial charge in [0.25, 0.3) is 0 Å². The van der Waals surface area contributed by atoms with E-state index < -0.39 is 23.9 Å². The molecule has 96 heavy (non-hydrogen) atoms. The van der Waals surface area contributed by atoms with Crippen molar-refractivity contribution in [2.45, 2.75) is 541 Å². The van der Waals surface area contributed by atoms with E-state index in [-0.39, 0.29) is 0 Å². The highest BCUT2D eigenvalue weighted by Crippen LogP contribution is 2.20. The summed E-state index contributed by atoms with van der Waals surface area (Å²) in [6.07, 6.45) is 104. The minimum atomic E-state index is -0.651. The Bertz CT molecular complexity index is 1210. The van der Waals surface area contributed by atoms with Crippen LogP contribution in [0.25, 0.3) is 0 Å². The van der Waals surface area contributed by atoms with E-state index in [0.717, 1.165) is 51.4 Å². The van der Waals surface area contributed by atoms with Crippen molar-refractivity contribution in [3.8, 4) is 0 Å². The first-order valence-corrected chi connectivity index (χ1v) is 44.0. The lowest BCUT2D eigenvalue weighted by Crippen LogP contribution is -1.93. The minimum Gasteiger partial charge on any atom is -0.481 e. The van der Waals surface area contributed by atoms with Crippen LogP contribution >= 0.6 is 0 Å². The van der Waals surface area contributed by atoms with Crippen molar-refractivity contribution in [3.63, 3.8) is 0 Å². The number of carbonyl (C=O) groups is 4. The van der Waals surface area contributed by atoms with Gasteiger partial charge >= 0.3 is 23.9 Å². The first-order valence-electron chi connectivity index (χ1n) is 44.0. The Kier molecular flexibility index (Phi) is 101. The smallest absolute Gasteiger partial charge is 0.303 e. The summed E-state index contributed by atoms with van der Waals surface area (Å²) in [5.41, 5.74) is 0. The second-order valence-electron chi connectivity index (χ2n) is 30.0. The molecule has 0 aliphatic heterocycles. The molecule has 0 bridgehead atoms. The maximum absolute atomic E-state index is 10.4. The summed E-state index contributed by atoms with van der Waals surface area (Å²) < 4.78 is 0. The first-order chi connectivity index (χ1) is 47.1. The summed E-state index contributed by atoms with van der Waals surface area (Å²) in [6, 6.07) is 0. The highest BCUT2D eigenvalue weighted by molar-refractivity contribution is 5.67. The Labute approximate surface area is 601 Å². The van der Waals surface area contributed by atoms with E-state index in [0.29, 0.717) is 25.7 Å². The molecule has 8 heteroatoms. The van der Waals surface area contributed by atoms with Gasteiger partial charge < -0.3 is 20.4 Å². The second-order valence-corrected chi connectivity index (χ2v) is 30.0. The molecular weight excluding hydrogens is 1180 g/mol. The lowest BCUT2D eigenvalue weighted by atomic mass is 10.0. The number of carboxylic acid groups (broad SMARTS) is 4. The lowest BCUT2D eigenvalue weighted by molar-refractivity contribution is -0.138. The summed E-state index contributed by atoms with van der Waals surface area (Å²) >= 11 is 0. The lowest BCUT2D eigenvalue weighted by Gasteiger charge is -2.03. The van der Waals surface area contributed by atoms with E-state index in [2.05, 4.69) is 27.7 Å². The fraction of sp³-hybridized carbons (Fsp3) is 0.955. The highest BCUT2D eigenvalue weighted by Gasteiger charge is 2.03. The third kappa shape index (κ3) is 113. The van der Waals surface area contributed by atoms with Crippen molar-refractivity contribution in [1.29, 1.82) is 0 Å². The Morgan fingerprint density at radius 2 is 0.188 bits per heavy atom. The van der Waals surface area contributed by atoms with Crippen LogP contribution in [-0.2, 0) is 19.2 Å². The van der Waals surface area contributed by atoms with E-state index in [1.165, 1.54) is 437 Å². The molecule has 0 aromatic carbocycles. The van der Waals surface area contributed by atoms with Crippen molar-refractivity contribution in [2.75, 3.05) is 0 Å². The SMILES string of the molecule is CCCCCCCCCCCCCCCCCCCCCC(=O)O.CCCCCCCCCCCCCCCCCCCCCC(=O)O.CCCCCCCCCCCCCCCCCCCCCC(=O)O.CCCCCCCCCCCCCCCCCCCCCC(=O)O. The fourth-order valence-corrected chi connectivity index (χ4v) is 13.4. The number of carboxylic acids is 4. The first kappa shape index (κ1) is 100. The monoisotopic (exact) mass is 1360 g/mol. The van der Waals surface area contributed by atoms with Crippen molar-refractivity contribution < 1.29 is 39.6 Å². The molecule has 0 aromatic heterocycles. The van der Waals surface area contributed by atoms with Gasteiger partial charge in [0.2, 0.25) is 0 Å². The molecule has 0 radical (unpaired) electrons. The van der Waals surface area contributed by atoms with Gasteiger partial charge in [-0.2, -0.15) is 0 Å². The molecule has 0 saturated carbocycles. The van der Waals surface area contributed by atoms with Crippen molar-refractivity contribution >= 4 is 23.9 Å². The maximum atomic E-state index is 10.4. The molecule has 0 atom stereocenters. The zero-order valence-electron chi connectivity index (χ0n) is 66.0. The van der Waals surface area contributed by atoms with E-state index in [4.69, 9.17) is 20.4 Å². The Morgan fingerprint density at radius 1 is 0.125 bits per heavy atom. The average Bonchev–Trinajstić information content (AvgIpc) is 3.57. The Morgan fingerprint density at radius 3 is 0.250 bits per heavy atom. The van der Waals surface area contributed by atoms with Crippen LogP contribution < -0.4 is 0 Å². The maximum Gasteiger partial charge on any atom is 0.303 e. The molecule has 0 fully saturated rings. The molecule has 0 rings (SSSR count). The third-order valence-corrected chi connectivity index (χ3v) is 20.0. The molecule has 0 saturated heterocycles. The van der Waals surface area contributed by atoms with Gasteiger partial charge in [0.1, 0.15) is 0 Å². The molecule has 8 nitrogen and oxygen atoms in total. The highest BCUT2D eigenvalue weighted by atomic mass is 16.4. The molecule has 0 heterocycles. The van der Waals surface area contributed by atoms with Crippen LogP contribution in [0.2, 0.25) is 0 Å². The van der Waals surface area contributed by atoms with Gasteiger partial charge in [-0.25, -0.2) is 0 Å². The van der Waals surface area contributed by atoms with Crippen molar-refractivity contribution in [2.24, 2.45) is 0 Å². The number of rotatable bonds is 80. The zero-order valence-corrected chi connectivity index (χ0v) is 66.0. The van der Waals surface area contributed by atoms with Crippen LogP contribution in [0.15, 0.2) is 0 Å². The topological polar surface area (TPSA) is 149 Å². The number of hydrogen-bond donors (Lipinski definition) is 4. The van der Waals surface area contributed by atoms with Crippen LogP contribution in [-0.4, -0.2) is 44.3 Å². The summed E-state index contributed by atoms with van der Waals surface area (Å²) in [4.78, 5) is 41.5. The zero-order chi connectivity index (χ0) is 70.9. The number of unbranched alkanes of at least 4 members (excludes halogenated alkanes) is 72. The molecule has 0 unspecified atom stereocenters. The summed E-state index contributed by atoms with van der Waals surface area (Å²) in [5.74, 6) is -2.60. The quantitative estimate of drug-likeness (QED) is 0.0440. The van der Waals surface area contributed by atoms with E-state index >= 15 is 0 Å². The van der Waals surface area contributed by atoms with E-state index in [9.17, 15) is 19.2 Å². The van der Waals surface area contributed by atoms with Crippen molar-refractivity contribution in [1.82, 2.24) is 0 Å². The minimum absolute atomic E-state index is 0.346. The summed E-state index contributed by atoms with van der Waals surface area (Å²) in [7, 11) is 0. The third-order valence-electron chi connectivity index (χ3n) is 20.0. The molecular formula is C88H176O8. The van der Waals surface area contributed by atoms with Gasteiger partial charge in [-0.1, -0.05) is 490 Å². The molecule has 0 spiro atoms. The molecule has 4 N–H and O–H groups in total. The van der Waals surface area contributed by atoms with E-state index in [1.807, 2.05) is 0 Å². The van der Waals surface area contributed by atoms with Crippen LogP contribution in [0.1, 0.15) is 541 Å². The number of hydrogen-bond acceptors (Lipinski definition) is 4. The van der Waals surface area contributed by atoms with Gasteiger partial charge in [-0.15, -0.1) is 0 Å². The molecule has 0 aliphatic carbocycles. The molecule has 0 aliphatic rings. The van der Waals surface area contributed by atoms with Gasteiger partial charge in [0.05, 0.1) is 0 Å². The standard InChI is InChI=1S/4C22H44O2/c4*1-2-3-4-5-6-7-8-9-10-11-12-13-14-15-16-17-18-19-20-21-22(23)24/h4*2-21H2,1H3,(H,23,24). The largest absolute Gasteiger partial charge is 0.481 e. The van der Waals surface area contributed by atoms with Gasteiger partial charge in [-0.3, -0.25) is 19.2 Å². The van der Waals surface area contributed by atoms with Crippen LogP contribution in [0.3, 0.4) is 0 Å². The van der Waals surface area contributed by atoms with Gasteiger partial charge in [0.15, 0.2) is 0 Å². The van der Waals surface area contributed by atoms with Gasteiger partial charge in [0, 0.05) is 25.7 Å².